The normalized spacial score (nSPS) is 19.9. The summed E-state index contributed by atoms with van der Waals surface area (Å²) in [6.07, 6.45) is 1.58. The number of nitrogens with zero attached hydrogens (tertiary/aromatic N) is 2. The van der Waals surface area contributed by atoms with Crippen LogP contribution in [0, 0.1) is 0 Å². The molecule has 2 aromatic carbocycles. The standard InChI is InChI=1S/C19H19Cl3N4O/c20-13-3-1-2-12(8-13)11-24-18-19(4-6-23-7-5-19)25-16-9-14(21)15(22)10-17(16)26(18)27/h1-3,8-10,23,25,27H,4-7,11H2/b24-18+. The first kappa shape index (κ1) is 18.8. The molecule has 0 aliphatic carbocycles. The van der Waals surface area contributed by atoms with Gasteiger partial charge in [0.2, 0.25) is 0 Å². The van der Waals surface area contributed by atoms with Crippen molar-refractivity contribution in [1.29, 1.82) is 0 Å². The Morgan fingerprint density at radius 3 is 2.56 bits per heavy atom. The Labute approximate surface area is 172 Å². The van der Waals surface area contributed by atoms with Gasteiger partial charge in [-0.05, 0) is 55.8 Å². The second-order valence-corrected chi connectivity index (χ2v) is 8.07. The molecule has 2 aliphatic rings. The third kappa shape index (κ3) is 3.62. The molecule has 1 spiro atoms. The van der Waals surface area contributed by atoms with E-state index in [4.69, 9.17) is 39.8 Å². The van der Waals surface area contributed by atoms with Crippen molar-refractivity contribution in [3.05, 3.63) is 57.0 Å². The van der Waals surface area contributed by atoms with Crippen LogP contribution in [-0.4, -0.2) is 29.7 Å². The minimum atomic E-state index is -0.470. The Morgan fingerprint density at radius 1 is 1.07 bits per heavy atom. The fraction of sp³-hybridized carbons (Fsp3) is 0.316. The summed E-state index contributed by atoms with van der Waals surface area (Å²) in [5, 5.41) is 20.6. The van der Waals surface area contributed by atoms with Crippen LogP contribution in [0.5, 0.6) is 0 Å². The van der Waals surface area contributed by atoms with E-state index in [0.29, 0.717) is 33.1 Å². The summed E-state index contributed by atoms with van der Waals surface area (Å²) in [6.45, 7) is 2.07. The van der Waals surface area contributed by atoms with Gasteiger partial charge < -0.3 is 10.6 Å². The minimum absolute atomic E-state index is 0.381. The zero-order valence-electron chi connectivity index (χ0n) is 14.5. The number of halogens is 3. The van der Waals surface area contributed by atoms with E-state index in [1.807, 2.05) is 24.3 Å². The highest BCUT2D eigenvalue weighted by Crippen LogP contribution is 2.42. The number of benzene rings is 2. The number of hydrogen-bond donors (Lipinski definition) is 3. The Morgan fingerprint density at radius 2 is 1.81 bits per heavy atom. The van der Waals surface area contributed by atoms with Gasteiger partial charge in [0.15, 0.2) is 5.84 Å². The highest BCUT2D eigenvalue weighted by molar-refractivity contribution is 6.42. The van der Waals surface area contributed by atoms with Gasteiger partial charge in [-0.3, -0.25) is 10.2 Å². The molecule has 1 fully saturated rings. The van der Waals surface area contributed by atoms with Crippen LogP contribution < -0.4 is 15.7 Å². The number of hydrogen-bond acceptors (Lipinski definition) is 4. The van der Waals surface area contributed by atoms with Gasteiger partial charge in [-0.25, -0.2) is 5.06 Å². The van der Waals surface area contributed by atoms with Gasteiger partial charge in [0.1, 0.15) is 0 Å². The summed E-state index contributed by atoms with van der Waals surface area (Å²) >= 11 is 18.4. The van der Waals surface area contributed by atoms with Crippen LogP contribution in [0.1, 0.15) is 18.4 Å². The van der Waals surface area contributed by atoms with Crippen LogP contribution in [0.3, 0.4) is 0 Å². The van der Waals surface area contributed by atoms with Crippen molar-refractivity contribution in [2.75, 3.05) is 23.5 Å². The van der Waals surface area contributed by atoms with Crippen molar-refractivity contribution in [1.82, 2.24) is 5.32 Å². The van der Waals surface area contributed by atoms with Gasteiger partial charge in [-0.1, -0.05) is 46.9 Å². The highest BCUT2D eigenvalue weighted by Gasteiger charge is 2.44. The predicted molar refractivity (Wildman–Crippen MR) is 112 cm³/mol. The number of aliphatic imine (C=N–C) groups is 1. The summed E-state index contributed by atoms with van der Waals surface area (Å²) in [6, 6.07) is 11.0. The molecule has 0 saturated carbocycles. The molecule has 5 nitrogen and oxygen atoms in total. The molecule has 0 unspecified atom stereocenters. The van der Waals surface area contributed by atoms with Crippen molar-refractivity contribution >= 4 is 52.0 Å². The van der Waals surface area contributed by atoms with E-state index in [9.17, 15) is 5.21 Å². The number of piperidine rings is 1. The number of rotatable bonds is 2. The Bertz CT molecular complexity index is 897. The molecule has 0 atom stereocenters. The monoisotopic (exact) mass is 424 g/mol. The molecule has 4 rings (SSSR count). The molecular weight excluding hydrogens is 407 g/mol. The van der Waals surface area contributed by atoms with Gasteiger partial charge in [-0.2, -0.15) is 0 Å². The average Bonchev–Trinajstić information content (AvgIpc) is 2.64. The molecule has 8 heteroatoms. The van der Waals surface area contributed by atoms with E-state index >= 15 is 0 Å². The quantitative estimate of drug-likeness (QED) is 0.634. The lowest BCUT2D eigenvalue weighted by Gasteiger charge is -2.46. The van der Waals surface area contributed by atoms with E-state index in [2.05, 4.69) is 10.6 Å². The number of anilines is 2. The molecule has 0 amide bonds. The van der Waals surface area contributed by atoms with E-state index in [0.717, 1.165) is 42.2 Å². The summed E-state index contributed by atoms with van der Waals surface area (Å²) in [5.74, 6) is 0.579. The van der Waals surface area contributed by atoms with Crippen LogP contribution in [0.25, 0.3) is 0 Å². The molecule has 142 valence electrons. The first-order valence-corrected chi connectivity index (χ1v) is 9.88. The topological polar surface area (TPSA) is 59.9 Å². The molecular formula is C19H19Cl3N4O. The molecule has 0 radical (unpaired) electrons. The van der Waals surface area contributed by atoms with Crippen LogP contribution in [-0.2, 0) is 6.54 Å². The second kappa shape index (κ2) is 7.49. The largest absolute Gasteiger partial charge is 0.371 e. The molecule has 1 saturated heterocycles. The van der Waals surface area contributed by atoms with E-state index in [1.54, 1.807) is 12.1 Å². The van der Waals surface area contributed by atoms with Crippen LogP contribution in [0.4, 0.5) is 11.4 Å². The third-order valence-corrected chi connectivity index (χ3v) is 5.98. The van der Waals surface area contributed by atoms with Crippen molar-refractivity contribution in [3.8, 4) is 0 Å². The molecule has 2 aliphatic heterocycles. The van der Waals surface area contributed by atoms with Gasteiger partial charge >= 0.3 is 0 Å². The van der Waals surface area contributed by atoms with Gasteiger partial charge in [-0.15, -0.1) is 0 Å². The van der Waals surface area contributed by atoms with Crippen molar-refractivity contribution in [2.45, 2.75) is 24.9 Å². The van der Waals surface area contributed by atoms with Crippen LogP contribution in [0.2, 0.25) is 15.1 Å². The van der Waals surface area contributed by atoms with E-state index in [-0.39, 0.29) is 0 Å². The Kier molecular flexibility index (Phi) is 5.23. The second-order valence-electron chi connectivity index (χ2n) is 6.82. The fourth-order valence-corrected chi connectivity index (χ4v) is 4.20. The number of amidine groups is 1. The molecule has 0 aromatic heterocycles. The number of nitrogens with one attached hydrogen (secondary N) is 2. The van der Waals surface area contributed by atoms with Crippen LogP contribution in [0.15, 0.2) is 41.4 Å². The molecule has 2 aromatic rings. The summed E-state index contributed by atoms with van der Waals surface area (Å²) in [7, 11) is 0. The third-order valence-electron chi connectivity index (χ3n) is 5.03. The average molecular weight is 426 g/mol. The number of hydroxylamine groups is 1. The fourth-order valence-electron chi connectivity index (χ4n) is 3.66. The lowest BCUT2D eigenvalue weighted by Crippen LogP contribution is -2.60. The maximum Gasteiger partial charge on any atom is 0.155 e. The summed E-state index contributed by atoms with van der Waals surface area (Å²) in [5.41, 5.74) is 1.80. The number of fused-ring (bicyclic) bond motifs is 1. The van der Waals surface area contributed by atoms with Gasteiger partial charge in [0.25, 0.3) is 0 Å². The van der Waals surface area contributed by atoms with E-state index < -0.39 is 5.54 Å². The smallest absolute Gasteiger partial charge is 0.155 e. The Hall–Kier alpha value is -1.50. The van der Waals surface area contributed by atoms with E-state index in [1.165, 1.54) is 0 Å². The highest BCUT2D eigenvalue weighted by atomic mass is 35.5. The van der Waals surface area contributed by atoms with Gasteiger partial charge in [0, 0.05) is 5.02 Å². The molecule has 3 N–H and O–H groups in total. The minimum Gasteiger partial charge on any atom is -0.371 e. The van der Waals surface area contributed by atoms with Crippen molar-refractivity contribution in [2.24, 2.45) is 4.99 Å². The maximum atomic E-state index is 11.0. The maximum absolute atomic E-state index is 11.0. The molecule has 2 heterocycles. The molecule has 0 bridgehead atoms. The first-order chi connectivity index (χ1) is 13.0. The summed E-state index contributed by atoms with van der Waals surface area (Å²) in [4.78, 5) is 4.77. The SMILES string of the molecule is ON1/C(=N/Cc2cccc(Cl)c2)C2(CCNCC2)Nc2cc(Cl)c(Cl)cc21. The first-order valence-electron chi connectivity index (χ1n) is 8.75. The summed E-state index contributed by atoms with van der Waals surface area (Å²) < 4.78 is 0. The zero-order valence-corrected chi connectivity index (χ0v) is 16.7. The zero-order chi connectivity index (χ0) is 19.0. The van der Waals surface area contributed by atoms with Crippen molar-refractivity contribution in [3.63, 3.8) is 0 Å². The Balaban J connectivity index is 1.76. The predicted octanol–water partition coefficient (Wildman–Crippen LogP) is 4.99. The van der Waals surface area contributed by atoms with Crippen molar-refractivity contribution < 1.29 is 5.21 Å². The molecule has 27 heavy (non-hydrogen) atoms. The lowest BCUT2D eigenvalue weighted by atomic mass is 9.84. The lowest BCUT2D eigenvalue weighted by molar-refractivity contribution is 0.288. The van der Waals surface area contributed by atoms with Gasteiger partial charge in [0.05, 0.1) is 33.5 Å². The van der Waals surface area contributed by atoms with Crippen LogP contribution >= 0.6 is 34.8 Å².